The molecule has 1 amide bonds. The normalized spacial score (nSPS) is 27.3. The number of nitrogens with zero attached hydrogens (tertiary/aromatic N) is 1. The first-order valence-corrected chi connectivity index (χ1v) is 11.2. The van der Waals surface area contributed by atoms with E-state index >= 15 is 0 Å². The fraction of sp³-hybridized carbons (Fsp3) is 0.650. The van der Waals surface area contributed by atoms with E-state index in [-0.39, 0.29) is 16.8 Å². The summed E-state index contributed by atoms with van der Waals surface area (Å²) in [6.45, 7) is 7.73. The maximum atomic E-state index is 12.9. The van der Waals surface area contributed by atoms with Crippen LogP contribution in [0.2, 0.25) is 0 Å². The molecule has 0 spiro atoms. The Labute approximate surface area is 162 Å². The SMILES string of the molecule is Cc1ccc(S(=O)(=O)N2CCOCC2)cc1C(=O)N[C@@H]1CCC[C@H](C)[C@@H]1C. The van der Waals surface area contributed by atoms with Crippen molar-refractivity contribution < 1.29 is 17.9 Å². The van der Waals surface area contributed by atoms with Crippen molar-refractivity contribution in [2.24, 2.45) is 11.8 Å². The third-order valence-electron chi connectivity index (χ3n) is 6.08. The molecule has 1 aromatic carbocycles. The predicted molar refractivity (Wildman–Crippen MR) is 104 cm³/mol. The Kier molecular flexibility index (Phi) is 6.23. The van der Waals surface area contributed by atoms with E-state index in [1.807, 2.05) is 6.92 Å². The fourth-order valence-corrected chi connectivity index (χ4v) is 5.41. The molecule has 27 heavy (non-hydrogen) atoms. The zero-order chi connectivity index (χ0) is 19.6. The molecule has 0 unspecified atom stereocenters. The van der Waals surface area contributed by atoms with Gasteiger partial charge in [-0.15, -0.1) is 0 Å². The molecule has 3 rings (SSSR count). The van der Waals surface area contributed by atoms with E-state index < -0.39 is 10.0 Å². The molecule has 2 aliphatic rings. The van der Waals surface area contributed by atoms with Crippen molar-refractivity contribution in [3.63, 3.8) is 0 Å². The van der Waals surface area contributed by atoms with E-state index in [0.717, 1.165) is 18.4 Å². The Morgan fingerprint density at radius 1 is 1.19 bits per heavy atom. The van der Waals surface area contributed by atoms with Gasteiger partial charge in [-0.3, -0.25) is 4.79 Å². The van der Waals surface area contributed by atoms with Gasteiger partial charge in [0.2, 0.25) is 10.0 Å². The summed E-state index contributed by atoms with van der Waals surface area (Å²) in [7, 11) is -3.61. The van der Waals surface area contributed by atoms with Gasteiger partial charge in [-0.05, 0) is 42.9 Å². The van der Waals surface area contributed by atoms with Crippen molar-refractivity contribution in [3.8, 4) is 0 Å². The lowest BCUT2D eigenvalue weighted by molar-refractivity contribution is 0.0730. The highest BCUT2D eigenvalue weighted by molar-refractivity contribution is 7.89. The molecule has 0 aromatic heterocycles. The molecule has 0 bridgehead atoms. The Bertz CT molecular complexity index is 787. The summed E-state index contributed by atoms with van der Waals surface area (Å²) in [5, 5.41) is 3.15. The van der Waals surface area contributed by atoms with Gasteiger partial charge in [-0.1, -0.05) is 32.8 Å². The summed E-state index contributed by atoms with van der Waals surface area (Å²) in [5.74, 6) is 0.818. The summed E-state index contributed by atoms with van der Waals surface area (Å²) >= 11 is 0. The minimum Gasteiger partial charge on any atom is -0.379 e. The molecule has 1 aliphatic carbocycles. The Morgan fingerprint density at radius 3 is 2.59 bits per heavy atom. The highest BCUT2D eigenvalue weighted by Gasteiger charge is 2.30. The molecule has 1 saturated carbocycles. The lowest BCUT2D eigenvalue weighted by atomic mass is 9.78. The fourth-order valence-electron chi connectivity index (χ4n) is 3.97. The zero-order valence-corrected chi connectivity index (χ0v) is 17.2. The molecule has 3 atom stereocenters. The number of carbonyl (C=O) groups excluding carboxylic acids is 1. The van der Waals surface area contributed by atoms with Crippen LogP contribution in [0.25, 0.3) is 0 Å². The molecule has 2 fully saturated rings. The van der Waals surface area contributed by atoms with E-state index in [0.29, 0.717) is 43.7 Å². The number of hydrogen-bond donors (Lipinski definition) is 1. The maximum absolute atomic E-state index is 12.9. The Hall–Kier alpha value is -1.44. The lowest BCUT2D eigenvalue weighted by Gasteiger charge is -2.34. The summed E-state index contributed by atoms with van der Waals surface area (Å²) in [6, 6.07) is 4.96. The number of hydrogen-bond acceptors (Lipinski definition) is 4. The average Bonchev–Trinajstić information content (AvgIpc) is 2.66. The summed E-state index contributed by atoms with van der Waals surface area (Å²) in [5.41, 5.74) is 1.22. The number of sulfonamides is 1. The van der Waals surface area contributed by atoms with Crippen LogP contribution in [-0.2, 0) is 14.8 Å². The first-order chi connectivity index (χ1) is 12.8. The number of carbonyl (C=O) groups is 1. The van der Waals surface area contributed by atoms with Crippen molar-refractivity contribution >= 4 is 15.9 Å². The van der Waals surface area contributed by atoms with Gasteiger partial charge >= 0.3 is 0 Å². The van der Waals surface area contributed by atoms with E-state index in [1.165, 1.54) is 16.8 Å². The number of benzene rings is 1. The summed E-state index contributed by atoms with van der Waals surface area (Å²) < 4.78 is 32.5. The molecule has 1 saturated heterocycles. The average molecular weight is 395 g/mol. The number of morpholine rings is 1. The number of amides is 1. The standard InChI is InChI=1S/C20H30N2O4S/c1-14-5-4-6-19(16(14)3)21-20(23)18-13-17(8-7-15(18)2)27(24,25)22-9-11-26-12-10-22/h7-8,13-14,16,19H,4-6,9-12H2,1-3H3,(H,21,23)/t14-,16-,19+/m0/s1. The minimum absolute atomic E-state index is 0.139. The Morgan fingerprint density at radius 2 is 1.89 bits per heavy atom. The van der Waals surface area contributed by atoms with Crippen LogP contribution in [0.15, 0.2) is 23.1 Å². The van der Waals surface area contributed by atoms with Crippen LogP contribution in [0.1, 0.15) is 49.0 Å². The van der Waals surface area contributed by atoms with Crippen molar-refractivity contribution in [2.45, 2.75) is 51.0 Å². The van der Waals surface area contributed by atoms with Crippen LogP contribution in [0, 0.1) is 18.8 Å². The van der Waals surface area contributed by atoms with Gasteiger partial charge in [-0.25, -0.2) is 8.42 Å². The van der Waals surface area contributed by atoms with E-state index in [9.17, 15) is 13.2 Å². The smallest absolute Gasteiger partial charge is 0.251 e. The number of aryl methyl sites for hydroxylation is 1. The van der Waals surface area contributed by atoms with Crippen LogP contribution >= 0.6 is 0 Å². The predicted octanol–water partition coefficient (Wildman–Crippen LogP) is 2.57. The molecule has 1 aromatic rings. The van der Waals surface area contributed by atoms with Crippen LogP contribution in [0.5, 0.6) is 0 Å². The minimum atomic E-state index is -3.61. The first kappa shape index (κ1) is 20.3. The molecule has 1 heterocycles. The van der Waals surface area contributed by atoms with Gasteiger partial charge < -0.3 is 10.1 Å². The van der Waals surface area contributed by atoms with Gasteiger partial charge in [0.1, 0.15) is 0 Å². The molecular weight excluding hydrogens is 364 g/mol. The number of rotatable bonds is 4. The highest BCUT2D eigenvalue weighted by atomic mass is 32.2. The maximum Gasteiger partial charge on any atom is 0.251 e. The lowest BCUT2D eigenvalue weighted by Crippen LogP contribution is -2.44. The second-order valence-electron chi connectivity index (χ2n) is 7.84. The van der Waals surface area contributed by atoms with Crippen LogP contribution < -0.4 is 5.32 Å². The summed E-state index contributed by atoms with van der Waals surface area (Å²) in [6.07, 6.45) is 3.28. The van der Waals surface area contributed by atoms with E-state index in [4.69, 9.17) is 4.74 Å². The molecule has 0 radical (unpaired) electrons. The van der Waals surface area contributed by atoms with Gasteiger partial charge in [0.25, 0.3) is 5.91 Å². The molecule has 1 aliphatic heterocycles. The largest absolute Gasteiger partial charge is 0.379 e. The monoisotopic (exact) mass is 394 g/mol. The van der Waals surface area contributed by atoms with Gasteiger partial charge in [0.05, 0.1) is 18.1 Å². The number of ether oxygens (including phenoxy) is 1. The second-order valence-corrected chi connectivity index (χ2v) is 9.78. The van der Waals surface area contributed by atoms with Crippen molar-refractivity contribution in [2.75, 3.05) is 26.3 Å². The highest BCUT2D eigenvalue weighted by Crippen LogP contribution is 2.30. The number of nitrogens with one attached hydrogen (secondary N) is 1. The molecule has 6 nitrogen and oxygen atoms in total. The molecule has 7 heteroatoms. The molecule has 1 N–H and O–H groups in total. The second kappa shape index (κ2) is 8.29. The van der Waals surface area contributed by atoms with Crippen molar-refractivity contribution in [1.29, 1.82) is 0 Å². The Balaban J connectivity index is 1.81. The van der Waals surface area contributed by atoms with E-state index in [2.05, 4.69) is 19.2 Å². The quantitative estimate of drug-likeness (QED) is 0.852. The van der Waals surface area contributed by atoms with Gasteiger partial charge in [0, 0.05) is 24.7 Å². The van der Waals surface area contributed by atoms with Gasteiger partial charge in [0.15, 0.2) is 0 Å². The van der Waals surface area contributed by atoms with Crippen LogP contribution in [0.3, 0.4) is 0 Å². The van der Waals surface area contributed by atoms with Crippen LogP contribution in [0.4, 0.5) is 0 Å². The zero-order valence-electron chi connectivity index (χ0n) is 16.4. The van der Waals surface area contributed by atoms with Gasteiger partial charge in [-0.2, -0.15) is 4.31 Å². The van der Waals surface area contributed by atoms with Crippen molar-refractivity contribution in [3.05, 3.63) is 29.3 Å². The third kappa shape index (κ3) is 4.36. The summed E-state index contributed by atoms with van der Waals surface area (Å²) in [4.78, 5) is 13.1. The van der Waals surface area contributed by atoms with Crippen LogP contribution in [-0.4, -0.2) is 51.0 Å². The molecular formula is C20H30N2O4S. The molecule has 150 valence electrons. The van der Waals surface area contributed by atoms with E-state index in [1.54, 1.807) is 12.1 Å². The van der Waals surface area contributed by atoms with Crippen molar-refractivity contribution in [1.82, 2.24) is 9.62 Å². The third-order valence-corrected chi connectivity index (χ3v) is 7.98. The first-order valence-electron chi connectivity index (χ1n) is 9.80. The topological polar surface area (TPSA) is 75.7 Å².